The third kappa shape index (κ3) is 2.34. The molecule has 0 radical (unpaired) electrons. The minimum atomic E-state index is -4.52. The fourth-order valence-corrected chi connectivity index (χ4v) is 2.42. The molecule has 0 aliphatic heterocycles. The van der Waals surface area contributed by atoms with Crippen LogP contribution in [0.4, 0.5) is 13.2 Å². The summed E-state index contributed by atoms with van der Waals surface area (Å²) in [5, 5.41) is 7.64. The minimum absolute atomic E-state index is 0.0119. The standard InChI is InChI=1S/C14H13F3N4O/c1-3-11-10(8(2)22-20-11)7-21-12-4-5-18-6-9(12)13(19-21)14(15,16)17/h4-6H,3,7H2,1-2H3. The van der Waals surface area contributed by atoms with Crippen molar-refractivity contribution in [2.45, 2.75) is 33.0 Å². The minimum Gasteiger partial charge on any atom is -0.361 e. The molecule has 0 unspecified atom stereocenters. The molecular weight excluding hydrogens is 297 g/mol. The molecule has 3 aromatic rings. The van der Waals surface area contributed by atoms with Gasteiger partial charge in [0.1, 0.15) is 5.76 Å². The second kappa shape index (κ2) is 5.11. The van der Waals surface area contributed by atoms with Gasteiger partial charge in [-0.1, -0.05) is 12.1 Å². The molecule has 0 spiro atoms. The van der Waals surface area contributed by atoms with Crippen LogP contribution in [0.15, 0.2) is 23.0 Å². The summed E-state index contributed by atoms with van der Waals surface area (Å²) in [6, 6.07) is 1.52. The molecule has 22 heavy (non-hydrogen) atoms. The van der Waals surface area contributed by atoms with Gasteiger partial charge in [0.2, 0.25) is 0 Å². The van der Waals surface area contributed by atoms with E-state index < -0.39 is 11.9 Å². The molecule has 0 fully saturated rings. The molecule has 3 aromatic heterocycles. The van der Waals surface area contributed by atoms with Crippen LogP contribution in [0.1, 0.15) is 29.6 Å². The van der Waals surface area contributed by atoms with Gasteiger partial charge in [-0.15, -0.1) is 0 Å². The highest BCUT2D eigenvalue weighted by Gasteiger charge is 2.37. The first-order chi connectivity index (χ1) is 10.4. The molecule has 3 heterocycles. The van der Waals surface area contributed by atoms with E-state index in [4.69, 9.17) is 4.52 Å². The summed E-state index contributed by atoms with van der Waals surface area (Å²) >= 11 is 0. The molecule has 0 saturated heterocycles. The number of pyridine rings is 1. The van der Waals surface area contributed by atoms with Crippen LogP contribution < -0.4 is 0 Å². The summed E-state index contributed by atoms with van der Waals surface area (Å²) in [5.74, 6) is 0.586. The van der Waals surface area contributed by atoms with Gasteiger partial charge >= 0.3 is 6.18 Å². The van der Waals surface area contributed by atoms with Crippen LogP contribution in [0, 0.1) is 6.92 Å². The number of aromatic nitrogens is 4. The van der Waals surface area contributed by atoms with E-state index in [9.17, 15) is 13.2 Å². The SMILES string of the molecule is CCc1noc(C)c1Cn1nc(C(F)(F)F)c2cnccc21. The van der Waals surface area contributed by atoms with E-state index in [1.165, 1.54) is 23.1 Å². The van der Waals surface area contributed by atoms with Crippen molar-refractivity contribution < 1.29 is 17.7 Å². The fourth-order valence-electron chi connectivity index (χ4n) is 2.42. The summed E-state index contributed by atoms with van der Waals surface area (Å²) < 4.78 is 45.7. The molecule has 0 aromatic carbocycles. The van der Waals surface area contributed by atoms with E-state index in [-0.39, 0.29) is 11.9 Å². The summed E-state index contributed by atoms with van der Waals surface area (Å²) in [7, 11) is 0. The number of halogens is 3. The second-order valence-corrected chi connectivity index (χ2v) is 4.91. The van der Waals surface area contributed by atoms with Crippen LogP contribution in [-0.4, -0.2) is 19.9 Å². The van der Waals surface area contributed by atoms with E-state index in [0.717, 1.165) is 11.3 Å². The van der Waals surface area contributed by atoms with Crippen molar-refractivity contribution in [3.63, 3.8) is 0 Å². The number of fused-ring (bicyclic) bond motifs is 1. The quantitative estimate of drug-likeness (QED) is 0.744. The number of hydrogen-bond donors (Lipinski definition) is 0. The molecule has 0 aliphatic carbocycles. The lowest BCUT2D eigenvalue weighted by molar-refractivity contribution is -0.140. The van der Waals surface area contributed by atoms with Crippen LogP contribution in [0.25, 0.3) is 10.9 Å². The summed E-state index contributed by atoms with van der Waals surface area (Å²) in [6.07, 6.45) is -1.26. The fraction of sp³-hybridized carbons (Fsp3) is 0.357. The Morgan fingerprint density at radius 2 is 2.09 bits per heavy atom. The van der Waals surface area contributed by atoms with Crippen LogP contribution in [0.3, 0.4) is 0 Å². The zero-order valence-electron chi connectivity index (χ0n) is 12.0. The Kier molecular flexibility index (Phi) is 3.38. The van der Waals surface area contributed by atoms with Crippen molar-refractivity contribution in [3.8, 4) is 0 Å². The monoisotopic (exact) mass is 310 g/mol. The average Bonchev–Trinajstić information content (AvgIpc) is 3.01. The first-order valence-corrected chi connectivity index (χ1v) is 6.73. The smallest absolute Gasteiger partial charge is 0.361 e. The Balaban J connectivity index is 2.14. The van der Waals surface area contributed by atoms with Gasteiger partial charge in [-0.25, -0.2) is 0 Å². The van der Waals surface area contributed by atoms with E-state index in [2.05, 4.69) is 15.2 Å². The van der Waals surface area contributed by atoms with Crippen LogP contribution in [0.2, 0.25) is 0 Å². The zero-order chi connectivity index (χ0) is 15.9. The van der Waals surface area contributed by atoms with Crippen molar-refractivity contribution >= 4 is 10.9 Å². The maximum atomic E-state index is 13.1. The van der Waals surface area contributed by atoms with E-state index >= 15 is 0 Å². The van der Waals surface area contributed by atoms with Gasteiger partial charge in [-0.2, -0.15) is 18.3 Å². The lowest BCUT2D eigenvalue weighted by atomic mass is 10.1. The second-order valence-electron chi connectivity index (χ2n) is 4.91. The molecule has 0 saturated carbocycles. The van der Waals surface area contributed by atoms with Gasteiger partial charge in [0.15, 0.2) is 5.69 Å². The topological polar surface area (TPSA) is 56.7 Å². The Hall–Kier alpha value is -2.38. The highest BCUT2D eigenvalue weighted by Crippen LogP contribution is 2.34. The van der Waals surface area contributed by atoms with Gasteiger partial charge in [0.05, 0.1) is 23.1 Å². The van der Waals surface area contributed by atoms with Gasteiger partial charge in [-0.3, -0.25) is 9.67 Å². The van der Waals surface area contributed by atoms with Crippen LogP contribution >= 0.6 is 0 Å². The predicted molar refractivity (Wildman–Crippen MR) is 72.3 cm³/mol. The van der Waals surface area contributed by atoms with Crippen LogP contribution in [0.5, 0.6) is 0 Å². The molecule has 3 rings (SSSR count). The number of rotatable bonds is 3. The molecule has 0 N–H and O–H groups in total. The van der Waals surface area contributed by atoms with Crippen molar-refractivity contribution in [3.05, 3.63) is 41.2 Å². The molecule has 5 nitrogen and oxygen atoms in total. The van der Waals surface area contributed by atoms with Crippen LogP contribution in [-0.2, 0) is 19.1 Å². The Bertz CT molecular complexity index is 819. The number of nitrogens with zero attached hydrogens (tertiary/aromatic N) is 4. The van der Waals surface area contributed by atoms with E-state index in [0.29, 0.717) is 17.7 Å². The van der Waals surface area contributed by atoms with Gasteiger partial charge < -0.3 is 4.52 Å². The van der Waals surface area contributed by atoms with Gasteiger partial charge in [0.25, 0.3) is 0 Å². The Morgan fingerprint density at radius 1 is 1.32 bits per heavy atom. The molecule has 0 atom stereocenters. The lowest BCUT2D eigenvalue weighted by Crippen LogP contribution is -2.09. The third-order valence-corrected chi connectivity index (χ3v) is 3.53. The van der Waals surface area contributed by atoms with Gasteiger partial charge in [0, 0.05) is 18.0 Å². The van der Waals surface area contributed by atoms with Crippen molar-refractivity contribution in [2.24, 2.45) is 0 Å². The number of hydrogen-bond acceptors (Lipinski definition) is 4. The molecular formula is C14H13F3N4O. The zero-order valence-corrected chi connectivity index (χ0v) is 12.0. The van der Waals surface area contributed by atoms with Gasteiger partial charge in [-0.05, 0) is 19.4 Å². The number of alkyl halides is 3. The lowest BCUT2D eigenvalue weighted by Gasteiger charge is -2.04. The molecule has 8 heteroatoms. The predicted octanol–water partition coefficient (Wildman–Crippen LogP) is 3.36. The maximum Gasteiger partial charge on any atom is 0.435 e. The van der Waals surface area contributed by atoms with E-state index in [1.807, 2.05) is 6.92 Å². The van der Waals surface area contributed by atoms with Crippen molar-refractivity contribution in [1.82, 2.24) is 19.9 Å². The average molecular weight is 310 g/mol. The highest BCUT2D eigenvalue weighted by molar-refractivity contribution is 5.81. The van der Waals surface area contributed by atoms with Crippen molar-refractivity contribution in [1.29, 1.82) is 0 Å². The highest BCUT2D eigenvalue weighted by atomic mass is 19.4. The summed E-state index contributed by atoms with van der Waals surface area (Å²) in [6.45, 7) is 3.82. The number of aryl methyl sites for hydroxylation is 2. The third-order valence-electron chi connectivity index (χ3n) is 3.53. The Labute approximate surface area is 123 Å². The van der Waals surface area contributed by atoms with E-state index in [1.54, 1.807) is 6.92 Å². The molecule has 0 aliphatic rings. The molecule has 0 amide bonds. The molecule has 0 bridgehead atoms. The first-order valence-electron chi connectivity index (χ1n) is 6.73. The maximum absolute atomic E-state index is 13.1. The Morgan fingerprint density at radius 3 is 2.77 bits per heavy atom. The summed E-state index contributed by atoms with van der Waals surface area (Å²) in [5.41, 5.74) is 0.939. The summed E-state index contributed by atoms with van der Waals surface area (Å²) in [4.78, 5) is 3.76. The normalized spacial score (nSPS) is 12.2. The largest absolute Gasteiger partial charge is 0.435 e. The molecule has 116 valence electrons. The first kappa shape index (κ1) is 14.6. The van der Waals surface area contributed by atoms with Crippen molar-refractivity contribution in [2.75, 3.05) is 0 Å².